The van der Waals surface area contributed by atoms with Crippen LogP contribution in [0.3, 0.4) is 0 Å². The molecule has 0 aliphatic heterocycles. The molecular formula is C28H29F3INO5S2. The number of sulfonamides is 1. The number of rotatable bonds is 12. The van der Waals surface area contributed by atoms with Crippen molar-refractivity contribution in [2.45, 2.75) is 43.0 Å². The van der Waals surface area contributed by atoms with Crippen LogP contribution in [0.4, 0.5) is 13.2 Å². The molecule has 0 saturated carbocycles. The van der Waals surface area contributed by atoms with Crippen LogP contribution < -0.4 is 4.72 Å². The van der Waals surface area contributed by atoms with Crippen LogP contribution in [0.15, 0.2) is 89.8 Å². The van der Waals surface area contributed by atoms with E-state index in [-0.39, 0.29) is 17.4 Å². The summed E-state index contributed by atoms with van der Waals surface area (Å²) in [7, 11) is -9.52. The molecule has 216 valence electrons. The van der Waals surface area contributed by atoms with Crippen LogP contribution in [-0.4, -0.2) is 28.9 Å². The van der Waals surface area contributed by atoms with E-state index in [1.165, 1.54) is 24.3 Å². The zero-order valence-corrected chi connectivity index (χ0v) is 25.4. The summed E-state index contributed by atoms with van der Waals surface area (Å²) in [6.07, 6.45) is 2.05. The summed E-state index contributed by atoms with van der Waals surface area (Å²) in [6.45, 7) is 2.00. The maximum atomic E-state index is 13.1. The molecule has 1 N–H and O–H groups in total. The van der Waals surface area contributed by atoms with E-state index >= 15 is 0 Å². The van der Waals surface area contributed by atoms with Gasteiger partial charge in [0.25, 0.3) is 0 Å². The third-order valence-corrected chi connectivity index (χ3v) is 13.2. The summed E-state index contributed by atoms with van der Waals surface area (Å²) in [5.74, 6) is 2.65. The minimum absolute atomic E-state index is 0.139. The van der Waals surface area contributed by atoms with Gasteiger partial charge in [-0.05, 0) is 6.92 Å². The third-order valence-electron chi connectivity index (χ3n) is 5.68. The first kappa shape index (κ1) is 32.1. The van der Waals surface area contributed by atoms with Crippen molar-refractivity contribution in [1.29, 1.82) is 0 Å². The van der Waals surface area contributed by atoms with E-state index in [0.29, 0.717) is 29.3 Å². The number of hydrogen-bond acceptors (Lipinski definition) is 5. The van der Waals surface area contributed by atoms with Gasteiger partial charge in [-0.3, -0.25) is 0 Å². The Hall–Kier alpha value is -2.44. The van der Waals surface area contributed by atoms with Gasteiger partial charge in [0.2, 0.25) is 0 Å². The molecule has 0 amide bonds. The first-order valence-electron chi connectivity index (χ1n) is 12.2. The van der Waals surface area contributed by atoms with Crippen LogP contribution in [-0.2, 0) is 29.1 Å². The summed E-state index contributed by atoms with van der Waals surface area (Å²) in [5, 5.41) is 0. The molecule has 0 heterocycles. The summed E-state index contributed by atoms with van der Waals surface area (Å²) < 4.78 is 98.3. The molecule has 0 aromatic heterocycles. The average Bonchev–Trinajstić information content (AvgIpc) is 2.92. The van der Waals surface area contributed by atoms with Gasteiger partial charge >= 0.3 is 236 Å². The fourth-order valence-electron chi connectivity index (χ4n) is 3.51. The predicted octanol–water partition coefficient (Wildman–Crippen LogP) is 6.42. The first-order valence-corrected chi connectivity index (χ1v) is 18.2. The zero-order chi connectivity index (χ0) is 29.2. The molecule has 3 aromatic carbocycles. The van der Waals surface area contributed by atoms with Gasteiger partial charge in [-0.15, -0.1) is 0 Å². The Morgan fingerprint density at radius 3 is 2.08 bits per heavy atom. The van der Waals surface area contributed by atoms with E-state index in [1.54, 1.807) is 30.3 Å². The van der Waals surface area contributed by atoms with Gasteiger partial charge in [0.15, 0.2) is 0 Å². The first-order chi connectivity index (χ1) is 18.9. The quantitative estimate of drug-likeness (QED) is 0.102. The molecule has 0 saturated heterocycles. The van der Waals surface area contributed by atoms with E-state index in [0.717, 1.165) is 11.1 Å². The normalized spacial score (nSPS) is 13.2. The number of alkyl halides is 3. The number of aryl methyl sites for hydroxylation is 2. The molecule has 0 radical (unpaired) electrons. The average molecular weight is 708 g/mol. The van der Waals surface area contributed by atoms with Gasteiger partial charge < -0.3 is 0 Å². The molecule has 40 heavy (non-hydrogen) atoms. The van der Waals surface area contributed by atoms with Crippen molar-refractivity contribution < 1.29 is 32.5 Å². The Morgan fingerprint density at radius 2 is 1.48 bits per heavy atom. The Morgan fingerprint density at radius 1 is 0.875 bits per heavy atom. The van der Waals surface area contributed by atoms with E-state index in [9.17, 15) is 30.0 Å². The maximum absolute atomic E-state index is 13.1. The minimum atomic E-state index is -5.82. The molecular weight excluding hydrogens is 678 g/mol. The number of halogens is 4. The van der Waals surface area contributed by atoms with Crippen molar-refractivity contribution in [3.63, 3.8) is 0 Å². The molecule has 0 fully saturated rings. The number of benzene rings is 3. The van der Waals surface area contributed by atoms with Gasteiger partial charge in [0.05, 0.1) is 0 Å². The molecule has 3 aromatic rings. The fourth-order valence-corrected chi connectivity index (χ4v) is 9.95. The second-order valence-corrected chi connectivity index (χ2v) is 16.4. The van der Waals surface area contributed by atoms with Gasteiger partial charge in [-0.25, -0.2) is 0 Å². The van der Waals surface area contributed by atoms with Crippen LogP contribution in [0.5, 0.6) is 0 Å². The Kier molecular flexibility index (Phi) is 11.6. The van der Waals surface area contributed by atoms with Crippen molar-refractivity contribution in [3.05, 3.63) is 99.6 Å². The van der Waals surface area contributed by atoms with E-state index < -0.39 is 45.9 Å². The van der Waals surface area contributed by atoms with Gasteiger partial charge in [0.1, 0.15) is 0 Å². The van der Waals surface area contributed by atoms with Crippen LogP contribution >= 0.6 is 20.2 Å². The fraction of sp³-hybridized carbons (Fsp3) is 0.286. The molecule has 0 aliphatic carbocycles. The Labute approximate surface area is 241 Å². The molecule has 3 rings (SSSR count). The van der Waals surface area contributed by atoms with Crippen molar-refractivity contribution in [2.75, 3.05) is 6.54 Å². The van der Waals surface area contributed by atoms with Crippen molar-refractivity contribution in [2.24, 2.45) is 5.92 Å². The van der Waals surface area contributed by atoms with E-state index in [4.69, 9.17) is 0 Å². The van der Waals surface area contributed by atoms with E-state index in [2.05, 4.69) is 17.1 Å². The molecule has 0 spiro atoms. The van der Waals surface area contributed by atoms with Gasteiger partial charge in [-0.2, -0.15) is 0 Å². The monoisotopic (exact) mass is 707 g/mol. The second kappa shape index (κ2) is 14.5. The second-order valence-electron chi connectivity index (χ2n) is 8.82. The van der Waals surface area contributed by atoms with Gasteiger partial charge in [-0.1, -0.05) is 0 Å². The van der Waals surface area contributed by atoms with Crippen molar-refractivity contribution >= 4 is 40.4 Å². The summed E-state index contributed by atoms with van der Waals surface area (Å²) in [5.41, 5.74) is -3.58. The summed E-state index contributed by atoms with van der Waals surface area (Å²) in [4.78, 5) is 0.152. The van der Waals surface area contributed by atoms with Crippen molar-refractivity contribution in [3.8, 4) is 9.85 Å². The predicted molar refractivity (Wildman–Crippen MR) is 157 cm³/mol. The van der Waals surface area contributed by atoms with Crippen LogP contribution in [0, 0.1) is 26.3 Å². The molecule has 0 aliphatic rings. The standard InChI is InChI=1S/C28H29F3INO5S2/c1-23-14-18-27(19-15-23)39(34,35)33-22-8-11-25(17-16-24-9-4-2-5-10-24)20-21-32(26-12-6-3-7-13-26)38-40(36,37)28(29,30)31/h2-7,9-10,12-15,18-19,25,33H,8,11,16-17,22H2,1H3. The molecule has 0 bridgehead atoms. The zero-order valence-electron chi connectivity index (χ0n) is 21.6. The van der Waals surface area contributed by atoms with E-state index in [1.807, 2.05) is 37.3 Å². The molecule has 1 atom stereocenters. The van der Waals surface area contributed by atoms with Crippen LogP contribution in [0.25, 0.3) is 0 Å². The molecule has 12 heteroatoms. The Bertz CT molecular complexity index is 1510. The third kappa shape index (κ3) is 9.88. The molecule has 1 unspecified atom stereocenters. The Balaban J connectivity index is 1.76. The SMILES string of the molecule is Cc1ccc(S(=O)(=O)NCCCC(C#CI(OS(=O)(=O)C(F)(F)F)c2ccccc2)CCc2ccccc2)cc1. The van der Waals surface area contributed by atoms with Gasteiger partial charge in [0, 0.05) is 0 Å². The van der Waals surface area contributed by atoms with Crippen molar-refractivity contribution in [1.82, 2.24) is 4.72 Å². The molecule has 6 nitrogen and oxygen atoms in total. The van der Waals surface area contributed by atoms with Crippen LogP contribution in [0.1, 0.15) is 30.4 Å². The summed E-state index contributed by atoms with van der Waals surface area (Å²) >= 11 is -3.58. The number of nitrogens with one attached hydrogen (secondary N) is 1. The van der Waals surface area contributed by atoms with Crippen LogP contribution in [0.2, 0.25) is 0 Å². The number of hydrogen-bond donors (Lipinski definition) is 1. The summed E-state index contributed by atoms with van der Waals surface area (Å²) in [6, 6.07) is 23.9. The topological polar surface area (TPSA) is 89.5 Å².